The van der Waals surface area contributed by atoms with Crippen LogP contribution in [0.5, 0.6) is 0 Å². The van der Waals surface area contributed by atoms with Crippen LogP contribution in [0.25, 0.3) is 0 Å². The summed E-state index contributed by atoms with van der Waals surface area (Å²) >= 11 is 6.11. The van der Waals surface area contributed by atoms with Crippen molar-refractivity contribution >= 4 is 44.8 Å². The molecule has 0 spiro atoms. The van der Waals surface area contributed by atoms with Gasteiger partial charge in [0.15, 0.2) is 0 Å². The predicted octanol–water partition coefficient (Wildman–Crippen LogP) is 3.21. The van der Waals surface area contributed by atoms with Crippen LogP contribution in [0.15, 0.2) is 42.5 Å². The van der Waals surface area contributed by atoms with Crippen molar-refractivity contribution in [3.8, 4) is 0 Å². The monoisotopic (exact) mass is 392 g/mol. The number of rotatable bonds is 3. The highest BCUT2D eigenvalue weighted by atomic mass is 35.5. The number of nitrogens with zero attached hydrogens (tertiary/aromatic N) is 1. The Bertz CT molecular complexity index is 1000. The molecule has 1 saturated heterocycles. The second-order valence-corrected chi connectivity index (χ2v) is 8.54. The van der Waals surface area contributed by atoms with Crippen molar-refractivity contribution in [2.45, 2.75) is 13.8 Å². The fraction of sp³-hybridized carbons (Fsp3) is 0.222. The van der Waals surface area contributed by atoms with Gasteiger partial charge in [0.2, 0.25) is 15.9 Å². The van der Waals surface area contributed by atoms with Crippen LogP contribution < -0.4 is 9.62 Å². The van der Waals surface area contributed by atoms with Gasteiger partial charge in [-0.3, -0.25) is 9.59 Å². The van der Waals surface area contributed by atoms with Crippen LogP contribution in [0, 0.1) is 12.8 Å². The molecule has 0 bridgehead atoms. The van der Waals surface area contributed by atoms with E-state index in [2.05, 4.69) is 5.32 Å². The molecule has 3 rings (SSSR count). The first-order chi connectivity index (χ1) is 12.2. The lowest BCUT2D eigenvalue weighted by molar-refractivity contribution is -0.119. The first-order valence-electron chi connectivity index (χ1n) is 7.93. The van der Waals surface area contributed by atoms with Crippen molar-refractivity contribution in [2.75, 3.05) is 15.4 Å². The third-order valence-electron chi connectivity index (χ3n) is 4.06. The summed E-state index contributed by atoms with van der Waals surface area (Å²) in [6.07, 6.45) is 0. The quantitative estimate of drug-likeness (QED) is 0.869. The van der Waals surface area contributed by atoms with Crippen LogP contribution in [0.2, 0.25) is 5.02 Å². The highest BCUT2D eigenvalue weighted by molar-refractivity contribution is 7.94. The Labute approximate surface area is 156 Å². The number of halogens is 1. The van der Waals surface area contributed by atoms with Crippen molar-refractivity contribution in [3.63, 3.8) is 0 Å². The number of amides is 2. The average molecular weight is 393 g/mol. The second-order valence-electron chi connectivity index (χ2n) is 6.27. The van der Waals surface area contributed by atoms with Gasteiger partial charge in [0.1, 0.15) is 0 Å². The average Bonchev–Trinajstić information content (AvgIpc) is 2.76. The maximum Gasteiger partial charge on any atom is 0.255 e. The highest BCUT2D eigenvalue weighted by Crippen LogP contribution is 2.34. The van der Waals surface area contributed by atoms with Gasteiger partial charge in [-0.2, -0.15) is 0 Å². The number of sulfonamides is 1. The van der Waals surface area contributed by atoms with E-state index in [0.717, 1.165) is 5.56 Å². The lowest BCUT2D eigenvalue weighted by atomic mass is 10.1. The zero-order valence-electron chi connectivity index (χ0n) is 14.2. The van der Waals surface area contributed by atoms with E-state index in [1.165, 1.54) is 18.2 Å². The molecule has 1 unspecified atom stereocenters. The van der Waals surface area contributed by atoms with Gasteiger partial charge in [-0.1, -0.05) is 30.7 Å². The van der Waals surface area contributed by atoms with Crippen LogP contribution in [0.4, 0.5) is 11.4 Å². The van der Waals surface area contributed by atoms with Gasteiger partial charge in [-0.05, 0) is 42.8 Å². The van der Waals surface area contributed by atoms with E-state index in [1.807, 2.05) is 25.1 Å². The molecule has 0 aliphatic carbocycles. The summed E-state index contributed by atoms with van der Waals surface area (Å²) in [5.41, 5.74) is 1.80. The molecule has 0 saturated carbocycles. The number of aryl methyl sites for hydroxylation is 1. The summed E-state index contributed by atoms with van der Waals surface area (Å²) in [5.74, 6) is -1.91. The molecule has 2 aromatic carbocycles. The number of carbonyl (C=O) groups is 2. The minimum Gasteiger partial charge on any atom is -0.322 e. The maximum absolute atomic E-state index is 12.5. The van der Waals surface area contributed by atoms with Gasteiger partial charge in [-0.25, -0.2) is 12.7 Å². The van der Waals surface area contributed by atoms with Crippen LogP contribution in [-0.4, -0.2) is 26.0 Å². The van der Waals surface area contributed by atoms with Gasteiger partial charge in [0.25, 0.3) is 5.91 Å². The molecule has 1 N–H and O–H groups in total. The molecule has 1 atom stereocenters. The fourth-order valence-corrected chi connectivity index (χ4v) is 4.88. The van der Waals surface area contributed by atoms with Gasteiger partial charge < -0.3 is 5.32 Å². The van der Waals surface area contributed by atoms with Crippen molar-refractivity contribution in [1.82, 2.24) is 0 Å². The number of hydrogen-bond acceptors (Lipinski definition) is 4. The summed E-state index contributed by atoms with van der Waals surface area (Å²) < 4.78 is 25.3. The van der Waals surface area contributed by atoms with Crippen LogP contribution in [0.3, 0.4) is 0 Å². The molecule has 0 aromatic heterocycles. The molecular weight excluding hydrogens is 376 g/mol. The molecular formula is C18H17ClN2O4S. The third-order valence-corrected chi connectivity index (χ3v) is 6.24. The summed E-state index contributed by atoms with van der Waals surface area (Å²) in [6, 6.07) is 11.5. The smallest absolute Gasteiger partial charge is 0.255 e. The zero-order chi connectivity index (χ0) is 19.1. The summed E-state index contributed by atoms with van der Waals surface area (Å²) in [5, 5.41) is 2.83. The molecule has 1 aliphatic heterocycles. The summed E-state index contributed by atoms with van der Waals surface area (Å²) in [6.45, 7) is 3.45. The van der Waals surface area contributed by atoms with E-state index in [1.54, 1.807) is 13.0 Å². The molecule has 26 heavy (non-hydrogen) atoms. The normalized spacial score (nSPS) is 18.8. The third kappa shape index (κ3) is 3.45. The molecule has 2 amide bonds. The lowest BCUT2D eigenvalue weighted by Crippen LogP contribution is -2.30. The number of benzene rings is 2. The summed E-state index contributed by atoms with van der Waals surface area (Å²) in [7, 11) is -3.80. The number of hydrogen-bond donors (Lipinski definition) is 1. The molecule has 0 radical (unpaired) electrons. The van der Waals surface area contributed by atoms with Crippen LogP contribution in [0.1, 0.15) is 22.8 Å². The Morgan fingerprint density at radius 2 is 1.96 bits per heavy atom. The van der Waals surface area contributed by atoms with Crippen molar-refractivity contribution in [1.29, 1.82) is 0 Å². The zero-order valence-corrected chi connectivity index (χ0v) is 15.8. The van der Waals surface area contributed by atoms with E-state index >= 15 is 0 Å². The van der Waals surface area contributed by atoms with E-state index in [9.17, 15) is 18.0 Å². The Morgan fingerprint density at radius 3 is 2.58 bits per heavy atom. The lowest BCUT2D eigenvalue weighted by Gasteiger charge is -2.18. The topological polar surface area (TPSA) is 83.6 Å². The maximum atomic E-state index is 12.5. The van der Waals surface area contributed by atoms with E-state index < -0.39 is 27.8 Å². The minimum atomic E-state index is -3.80. The number of anilines is 2. The highest BCUT2D eigenvalue weighted by Gasteiger charge is 2.43. The SMILES string of the molecule is Cc1cccc(NC(=O)c2ccc(Cl)c(N3C(=O)C(C)CS3(=O)=O)c2)c1. The molecule has 136 valence electrons. The minimum absolute atomic E-state index is 0.00194. The molecule has 8 heteroatoms. The number of nitrogens with one attached hydrogen (secondary N) is 1. The second kappa shape index (κ2) is 6.74. The Balaban J connectivity index is 1.95. The summed E-state index contributed by atoms with van der Waals surface area (Å²) in [4.78, 5) is 24.8. The van der Waals surface area contributed by atoms with E-state index in [-0.39, 0.29) is 22.0 Å². The molecule has 1 heterocycles. The largest absolute Gasteiger partial charge is 0.322 e. The van der Waals surface area contributed by atoms with Gasteiger partial charge >= 0.3 is 0 Å². The van der Waals surface area contributed by atoms with E-state index in [0.29, 0.717) is 9.99 Å². The van der Waals surface area contributed by atoms with Crippen LogP contribution in [-0.2, 0) is 14.8 Å². The number of carbonyl (C=O) groups excluding carboxylic acids is 2. The fourth-order valence-electron chi connectivity index (χ4n) is 2.80. The van der Waals surface area contributed by atoms with Gasteiger partial charge in [-0.15, -0.1) is 0 Å². The van der Waals surface area contributed by atoms with Crippen molar-refractivity contribution in [3.05, 3.63) is 58.6 Å². The van der Waals surface area contributed by atoms with E-state index in [4.69, 9.17) is 11.6 Å². The molecule has 1 aliphatic rings. The first kappa shape index (κ1) is 18.4. The Kier molecular flexibility index (Phi) is 4.77. The molecule has 2 aromatic rings. The van der Waals surface area contributed by atoms with Crippen molar-refractivity contribution in [2.24, 2.45) is 5.92 Å². The Morgan fingerprint density at radius 1 is 1.23 bits per heavy atom. The predicted molar refractivity (Wildman–Crippen MR) is 101 cm³/mol. The first-order valence-corrected chi connectivity index (χ1v) is 9.92. The van der Waals surface area contributed by atoms with Gasteiger partial charge in [0.05, 0.1) is 22.4 Å². The molecule has 1 fully saturated rings. The Hall–Kier alpha value is -2.38. The standard InChI is InChI=1S/C18H17ClN2O4S/c1-11-4-3-5-14(8-11)20-17(22)13-6-7-15(19)16(9-13)21-18(23)12(2)10-26(21,24)25/h3-9,12H,10H2,1-2H3,(H,20,22). The van der Waals surface area contributed by atoms with Crippen molar-refractivity contribution < 1.29 is 18.0 Å². The van der Waals surface area contributed by atoms with Crippen LogP contribution >= 0.6 is 11.6 Å². The van der Waals surface area contributed by atoms with Gasteiger partial charge in [0, 0.05) is 11.3 Å². The molecule has 6 nitrogen and oxygen atoms in total.